The third-order valence-electron chi connectivity index (χ3n) is 1.63. The Labute approximate surface area is 83.1 Å². The topological polar surface area (TPSA) is 64.3 Å². The first-order chi connectivity index (χ1) is 6.76. The summed E-state index contributed by atoms with van der Waals surface area (Å²) in [6.07, 6.45) is 0. The Balaban J connectivity index is 2.59. The van der Waals surface area contributed by atoms with Gasteiger partial charge in [-0.3, -0.25) is 4.79 Å². The Morgan fingerprint density at radius 3 is 2.57 bits per heavy atom. The Morgan fingerprint density at radius 1 is 1.43 bits per heavy atom. The van der Waals surface area contributed by atoms with E-state index in [1.807, 2.05) is 6.92 Å². The van der Waals surface area contributed by atoms with Gasteiger partial charge in [-0.15, -0.1) is 0 Å². The minimum atomic E-state index is -0.200. The molecular formula is C10H14N2O2. The summed E-state index contributed by atoms with van der Waals surface area (Å²) < 4.78 is 5.25. The van der Waals surface area contributed by atoms with E-state index in [1.54, 1.807) is 24.3 Å². The van der Waals surface area contributed by atoms with E-state index in [2.05, 4.69) is 5.32 Å². The molecule has 1 aromatic carbocycles. The molecule has 0 aliphatic heterocycles. The van der Waals surface area contributed by atoms with Gasteiger partial charge in [-0.2, -0.15) is 0 Å². The first-order valence-electron chi connectivity index (χ1n) is 4.49. The Bertz CT molecular complexity index is 295. The van der Waals surface area contributed by atoms with Crippen molar-refractivity contribution >= 4 is 11.6 Å². The number of nitrogens with one attached hydrogen (secondary N) is 1. The molecule has 4 heteroatoms. The van der Waals surface area contributed by atoms with Crippen molar-refractivity contribution in [3.05, 3.63) is 24.3 Å². The molecule has 0 saturated heterocycles. The number of benzene rings is 1. The van der Waals surface area contributed by atoms with Crippen LogP contribution in [0.5, 0.6) is 5.75 Å². The Hall–Kier alpha value is -1.55. The van der Waals surface area contributed by atoms with Crippen LogP contribution in [0.2, 0.25) is 0 Å². The fourth-order valence-electron chi connectivity index (χ4n) is 1.01. The highest BCUT2D eigenvalue weighted by molar-refractivity contribution is 5.92. The Morgan fingerprint density at radius 2 is 2.07 bits per heavy atom. The van der Waals surface area contributed by atoms with Crippen molar-refractivity contribution in [2.45, 2.75) is 6.92 Å². The zero-order chi connectivity index (χ0) is 10.4. The number of anilines is 1. The van der Waals surface area contributed by atoms with Crippen LogP contribution in [0.15, 0.2) is 24.3 Å². The largest absolute Gasteiger partial charge is 0.494 e. The van der Waals surface area contributed by atoms with Crippen LogP contribution in [0.25, 0.3) is 0 Å². The van der Waals surface area contributed by atoms with Gasteiger partial charge >= 0.3 is 0 Å². The number of amides is 1. The van der Waals surface area contributed by atoms with Crippen LogP contribution in [0.4, 0.5) is 5.69 Å². The van der Waals surface area contributed by atoms with Gasteiger partial charge in [-0.05, 0) is 31.2 Å². The zero-order valence-electron chi connectivity index (χ0n) is 8.12. The minimum Gasteiger partial charge on any atom is -0.494 e. The molecule has 4 nitrogen and oxygen atoms in total. The van der Waals surface area contributed by atoms with Crippen molar-refractivity contribution in [3.63, 3.8) is 0 Å². The highest BCUT2D eigenvalue weighted by Crippen LogP contribution is 2.15. The van der Waals surface area contributed by atoms with Crippen molar-refractivity contribution in [2.24, 2.45) is 5.73 Å². The predicted molar refractivity (Wildman–Crippen MR) is 55.3 cm³/mol. The summed E-state index contributed by atoms with van der Waals surface area (Å²) in [4.78, 5) is 10.9. The van der Waals surface area contributed by atoms with Crippen LogP contribution < -0.4 is 15.8 Å². The Kier molecular flexibility index (Phi) is 3.94. The second-order valence-electron chi connectivity index (χ2n) is 2.71. The predicted octanol–water partition coefficient (Wildman–Crippen LogP) is 0.982. The first kappa shape index (κ1) is 10.5. The van der Waals surface area contributed by atoms with Crippen LogP contribution in [-0.4, -0.2) is 19.1 Å². The zero-order valence-corrected chi connectivity index (χ0v) is 8.12. The first-order valence-corrected chi connectivity index (χ1v) is 4.49. The lowest BCUT2D eigenvalue weighted by Gasteiger charge is -2.05. The number of hydrogen-bond acceptors (Lipinski definition) is 3. The third kappa shape index (κ3) is 3.06. The van der Waals surface area contributed by atoms with Crippen molar-refractivity contribution in [2.75, 3.05) is 18.5 Å². The molecule has 0 unspecified atom stereocenters. The maximum absolute atomic E-state index is 10.9. The van der Waals surface area contributed by atoms with E-state index >= 15 is 0 Å². The van der Waals surface area contributed by atoms with Crippen molar-refractivity contribution in [1.29, 1.82) is 0 Å². The molecule has 0 heterocycles. The lowest BCUT2D eigenvalue weighted by atomic mass is 10.3. The van der Waals surface area contributed by atoms with Gasteiger partial charge in [-0.25, -0.2) is 0 Å². The average molecular weight is 194 g/mol. The van der Waals surface area contributed by atoms with E-state index < -0.39 is 0 Å². The monoisotopic (exact) mass is 194 g/mol. The van der Waals surface area contributed by atoms with Crippen molar-refractivity contribution in [3.8, 4) is 5.75 Å². The molecule has 0 aliphatic rings. The normalized spacial score (nSPS) is 9.57. The van der Waals surface area contributed by atoms with Gasteiger partial charge in [0.25, 0.3) is 0 Å². The van der Waals surface area contributed by atoms with Gasteiger partial charge in [-0.1, -0.05) is 0 Å². The van der Waals surface area contributed by atoms with Crippen LogP contribution >= 0.6 is 0 Å². The second kappa shape index (κ2) is 5.24. The number of carbonyl (C=O) groups excluding carboxylic acids is 1. The lowest BCUT2D eigenvalue weighted by molar-refractivity contribution is -0.114. The molecule has 0 atom stereocenters. The fourth-order valence-corrected chi connectivity index (χ4v) is 1.01. The number of nitrogens with two attached hydrogens (primary N) is 1. The summed E-state index contributed by atoms with van der Waals surface area (Å²) in [5.41, 5.74) is 5.89. The molecule has 1 aromatic rings. The standard InChI is InChI=1S/C10H14N2O2/c1-2-14-9-5-3-8(4-6-9)12-10(13)7-11/h3-6H,2,7,11H2,1H3,(H,12,13). The molecule has 0 fully saturated rings. The molecule has 14 heavy (non-hydrogen) atoms. The molecule has 0 saturated carbocycles. The lowest BCUT2D eigenvalue weighted by Crippen LogP contribution is -2.21. The molecule has 1 rings (SSSR count). The van der Waals surface area contributed by atoms with Gasteiger partial charge < -0.3 is 15.8 Å². The van der Waals surface area contributed by atoms with Crippen LogP contribution in [0.1, 0.15) is 6.92 Å². The number of carbonyl (C=O) groups is 1. The molecule has 76 valence electrons. The van der Waals surface area contributed by atoms with Gasteiger partial charge in [0, 0.05) is 5.69 Å². The number of ether oxygens (including phenoxy) is 1. The maximum atomic E-state index is 10.9. The quantitative estimate of drug-likeness (QED) is 0.751. The van der Waals surface area contributed by atoms with E-state index in [0.717, 1.165) is 11.4 Å². The van der Waals surface area contributed by atoms with Crippen LogP contribution in [-0.2, 0) is 4.79 Å². The second-order valence-corrected chi connectivity index (χ2v) is 2.71. The highest BCUT2D eigenvalue weighted by Gasteiger charge is 1.98. The summed E-state index contributed by atoms with van der Waals surface area (Å²) in [6.45, 7) is 2.55. The molecule has 0 aromatic heterocycles. The third-order valence-corrected chi connectivity index (χ3v) is 1.63. The number of rotatable bonds is 4. The summed E-state index contributed by atoms with van der Waals surface area (Å²) in [6, 6.07) is 7.16. The summed E-state index contributed by atoms with van der Waals surface area (Å²) in [5.74, 6) is 0.590. The molecule has 3 N–H and O–H groups in total. The fraction of sp³-hybridized carbons (Fsp3) is 0.300. The van der Waals surface area contributed by atoms with Gasteiger partial charge in [0.05, 0.1) is 13.2 Å². The molecule has 0 spiro atoms. The van der Waals surface area contributed by atoms with E-state index in [0.29, 0.717) is 6.61 Å². The van der Waals surface area contributed by atoms with Crippen molar-refractivity contribution < 1.29 is 9.53 Å². The molecule has 0 aliphatic carbocycles. The average Bonchev–Trinajstić information content (AvgIpc) is 2.21. The van der Waals surface area contributed by atoms with Crippen LogP contribution in [0.3, 0.4) is 0 Å². The molecular weight excluding hydrogens is 180 g/mol. The summed E-state index contributed by atoms with van der Waals surface area (Å²) in [5, 5.41) is 2.64. The van der Waals surface area contributed by atoms with Gasteiger partial charge in [0.15, 0.2) is 0 Å². The summed E-state index contributed by atoms with van der Waals surface area (Å²) >= 11 is 0. The number of hydrogen-bond donors (Lipinski definition) is 2. The van der Waals surface area contributed by atoms with E-state index in [9.17, 15) is 4.79 Å². The van der Waals surface area contributed by atoms with Crippen LogP contribution in [0, 0.1) is 0 Å². The minimum absolute atomic E-state index is 0.00673. The van der Waals surface area contributed by atoms with Crippen molar-refractivity contribution in [1.82, 2.24) is 0 Å². The summed E-state index contributed by atoms with van der Waals surface area (Å²) in [7, 11) is 0. The molecule has 1 amide bonds. The molecule has 0 radical (unpaired) electrons. The smallest absolute Gasteiger partial charge is 0.238 e. The van der Waals surface area contributed by atoms with Gasteiger partial charge in [0.2, 0.25) is 5.91 Å². The van der Waals surface area contributed by atoms with E-state index in [-0.39, 0.29) is 12.5 Å². The highest BCUT2D eigenvalue weighted by atomic mass is 16.5. The van der Waals surface area contributed by atoms with E-state index in [4.69, 9.17) is 10.5 Å². The van der Waals surface area contributed by atoms with Gasteiger partial charge in [0.1, 0.15) is 5.75 Å². The van der Waals surface area contributed by atoms with E-state index in [1.165, 1.54) is 0 Å². The SMILES string of the molecule is CCOc1ccc(NC(=O)CN)cc1. The maximum Gasteiger partial charge on any atom is 0.238 e. The molecule has 0 bridgehead atoms.